The molecule has 0 fully saturated rings. The minimum absolute atomic E-state index is 0. The predicted octanol–water partition coefficient (Wildman–Crippen LogP) is 5.53. The third-order valence-corrected chi connectivity index (χ3v) is 5.37. The van der Waals surface area contributed by atoms with Crippen molar-refractivity contribution in [3.8, 4) is 0 Å². The van der Waals surface area contributed by atoms with Crippen LogP contribution >= 0.6 is 28.3 Å². The Kier molecular flexibility index (Phi) is 7.94. The molecular weight excluding hydrogens is 450 g/mol. The summed E-state index contributed by atoms with van der Waals surface area (Å²) in [7, 11) is 1.94. The van der Waals surface area contributed by atoms with Crippen LogP contribution in [0.2, 0.25) is 0 Å². The van der Waals surface area contributed by atoms with E-state index in [0.717, 1.165) is 22.3 Å². The van der Waals surface area contributed by atoms with Crippen LogP contribution in [0.1, 0.15) is 35.6 Å². The van der Waals surface area contributed by atoms with Gasteiger partial charge < -0.3 is 15.2 Å². The van der Waals surface area contributed by atoms with E-state index >= 15 is 0 Å². The van der Waals surface area contributed by atoms with Gasteiger partial charge in [-0.15, -0.1) is 12.4 Å². The number of carbonyl (C=O) groups excluding carboxylic acids is 1. The van der Waals surface area contributed by atoms with Gasteiger partial charge in [0.2, 0.25) is 0 Å². The second kappa shape index (κ2) is 9.99. The van der Waals surface area contributed by atoms with E-state index in [4.69, 9.17) is 0 Å². The van der Waals surface area contributed by atoms with Gasteiger partial charge in [-0.1, -0.05) is 46.3 Å². The number of rotatable bonds is 7. The maximum atomic E-state index is 12.6. The molecule has 0 atom stereocenters. The van der Waals surface area contributed by atoms with Crippen LogP contribution in [0.5, 0.6) is 0 Å². The number of aromatic nitrogens is 1. The summed E-state index contributed by atoms with van der Waals surface area (Å²) in [5.74, 6) is -0.0517. The van der Waals surface area contributed by atoms with Gasteiger partial charge in [0.15, 0.2) is 0 Å². The highest BCUT2D eigenvalue weighted by Crippen LogP contribution is 2.27. The summed E-state index contributed by atoms with van der Waals surface area (Å²) < 4.78 is 3.01. The Bertz CT molecular complexity index is 937. The van der Waals surface area contributed by atoms with E-state index in [9.17, 15) is 4.79 Å². The van der Waals surface area contributed by atoms with Gasteiger partial charge >= 0.3 is 0 Å². The number of anilines is 1. The zero-order chi connectivity index (χ0) is 20.1. The number of halogens is 2. The van der Waals surface area contributed by atoms with E-state index in [1.165, 1.54) is 5.56 Å². The van der Waals surface area contributed by atoms with Gasteiger partial charge in [-0.05, 0) is 62.2 Å². The highest BCUT2D eigenvalue weighted by atomic mass is 79.9. The molecule has 0 radical (unpaired) electrons. The fraction of sp³-hybridized carbons (Fsp3) is 0.261. The number of hydrogen-bond acceptors (Lipinski definition) is 2. The zero-order valence-corrected chi connectivity index (χ0v) is 19.3. The number of nitrogens with zero attached hydrogens (tertiary/aromatic N) is 1. The molecule has 0 saturated carbocycles. The highest BCUT2D eigenvalue weighted by Gasteiger charge is 2.25. The van der Waals surface area contributed by atoms with Crippen LogP contribution in [0.25, 0.3) is 0 Å². The fourth-order valence-corrected chi connectivity index (χ4v) is 3.64. The van der Waals surface area contributed by atoms with Gasteiger partial charge in [-0.25, -0.2) is 0 Å². The molecule has 2 aromatic carbocycles. The monoisotopic (exact) mass is 475 g/mol. The molecule has 3 aromatic rings. The van der Waals surface area contributed by atoms with Crippen LogP contribution in [0.15, 0.2) is 71.2 Å². The van der Waals surface area contributed by atoms with Crippen molar-refractivity contribution in [3.63, 3.8) is 0 Å². The summed E-state index contributed by atoms with van der Waals surface area (Å²) in [4.78, 5) is 12.6. The van der Waals surface area contributed by atoms with Crippen molar-refractivity contribution in [2.75, 3.05) is 11.9 Å². The molecule has 154 valence electrons. The summed E-state index contributed by atoms with van der Waals surface area (Å²) in [6.45, 7) is 4.84. The van der Waals surface area contributed by atoms with Crippen LogP contribution in [-0.2, 0) is 19.0 Å². The quantitative estimate of drug-likeness (QED) is 0.471. The number of amides is 1. The van der Waals surface area contributed by atoms with Crippen molar-refractivity contribution >= 4 is 39.9 Å². The largest absolute Gasteiger partial charge is 0.375 e. The summed E-state index contributed by atoms with van der Waals surface area (Å²) in [5.41, 5.74) is 3.63. The summed E-state index contributed by atoms with van der Waals surface area (Å²) >= 11 is 3.46. The van der Waals surface area contributed by atoms with Crippen molar-refractivity contribution in [3.05, 3.63) is 88.2 Å². The topological polar surface area (TPSA) is 46.1 Å². The molecule has 0 aliphatic carbocycles. The van der Waals surface area contributed by atoms with Gasteiger partial charge in [0.25, 0.3) is 5.91 Å². The molecule has 1 aromatic heterocycles. The van der Waals surface area contributed by atoms with Crippen LogP contribution in [-0.4, -0.2) is 17.0 Å². The molecule has 0 bridgehead atoms. The molecular formula is C23H27BrClN3O. The Morgan fingerprint density at radius 3 is 2.31 bits per heavy atom. The highest BCUT2D eigenvalue weighted by molar-refractivity contribution is 9.10. The summed E-state index contributed by atoms with van der Waals surface area (Å²) in [6.07, 6.45) is 0.820. The van der Waals surface area contributed by atoms with Crippen molar-refractivity contribution in [1.82, 2.24) is 9.88 Å². The first-order valence-corrected chi connectivity index (χ1v) is 10.2. The first-order chi connectivity index (χ1) is 13.4. The first kappa shape index (κ1) is 23.0. The molecule has 29 heavy (non-hydrogen) atoms. The average molecular weight is 477 g/mol. The van der Waals surface area contributed by atoms with Crippen LogP contribution in [0, 0.1) is 0 Å². The molecule has 1 amide bonds. The number of benzene rings is 2. The van der Waals surface area contributed by atoms with E-state index in [-0.39, 0.29) is 23.9 Å². The second-order valence-corrected chi connectivity index (χ2v) is 8.33. The SMILES string of the molecule is Cl.Cn1c(C(=O)NCCc2ccccc2)ccc1C(C)(C)Nc1ccc(Br)cc1. The Labute approximate surface area is 187 Å². The van der Waals surface area contributed by atoms with Crippen LogP contribution in [0.3, 0.4) is 0 Å². The van der Waals surface area contributed by atoms with Gasteiger partial charge in [0.1, 0.15) is 5.69 Å². The molecule has 1 heterocycles. The fourth-order valence-electron chi connectivity index (χ4n) is 3.38. The molecule has 4 nitrogen and oxygen atoms in total. The Hall–Kier alpha value is -2.24. The normalized spacial score (nSPS) is 10.9. The minimum atomic E-state index is -0.328. The molecule has 2 N–H and O–H groups in total. The van der Waals surface area contributed by atoms with Crippen molar-refractivity contribution in [2.24, 2.45) is 7.05 Å². The zero-order valence-electron chi connectivity index (χ0n) is 16.9. The molecule has 0 aliphatic heterocycles. The lowest BCUT2D eigenvalue weighted by molar-refractivity contribution is 0.0945. The van der Waals surface area contributed by atoms with Gasteiger partial charge in [0, 0.05) is 29.4 Å². The minimum Gasteiger partial charge on any atom is -0.375 e. The Balaban J connectivity index is 0.00000300. The third-order valence-electron chi connectivity index (χ3n) is 4.84. The Morgan fingerprint density at radius 2 is 1.66 bits per heavy atom. The average Bonchev–Trinajstić information content (AvgIpc) is 3.07. The van der Waals surface area contributed by atoms with Crippen molar-refractivity contribution < 1.29 is 4.79 Å². The van der Waals surface area contributed by atoms with E-state index in [1.54, 1.807) is 0 Å². The third kappa shape index (κ3) is 5.87. The standard InChI is InChI=1S/C23H26BrN3O.ClH/c1-23(2,26-19-11-9-18(24)10-12-19)21-14-13-20(27(21)3)22(28)25-16-15-17-7-5-4-6-8-17;/h4-14,26H,15-16H2,1-3H3,(H,25,28);1H. The number of nitrogens with one attached hydrogen (secondary N) is 2. The predicted molar refractivity (Wildman–Crippen MR) is 126 cm³/mol. The maximum absolute atomic E-state index is 12.6. The Morgan fingerprint density at radius 1 is 1.00 bits per heavy atom. The maximum Gasteiger partial charge on any atom is 0.267 e. The summed E-state index contributed by atoms with van der Waals surface area (Å²) in [6, 6.07) is 22.2. The lowest BCUT2D eigenvalue weighted by Gasteiger charge is -2.29. The second-order valence-electron chi connectivity index (χ2n) is 7.41. The molecule has 3 rings (SSSR count). The molecule has 0 unspecified atom stereocenters. The number of hydrogen-bond donors (Lipinski definition) is 2. The lowest BCUT2D eigenvalue weighted by atomic mass is 10.00. The van der Waals surface area contributed by atoms with Crippen LogP contribution in [0.4, 0.5) is 5.69 Å². The van der Waals surface area contributed by atoms with Gasteiger partial charge in [-0.3, -0.25) is 4.79 Å². The van der Waals surface area contributed by atoms with E-state index < -0.39 is 0 Å². The molecule has 6 heteroatoms. The smallest absolute Gasteiger partial charge is 0.267 e. The lowest BCUT2D eigenvalue weighted by Crippen LogP contribution is -2.32. The number of carbonyl (C=O) groups is 1. The van der Waals surface area contributed by atoms with Crippen molar-refractivity contribution in [1.29, 1.82) is 0 Å². The van der Waals surface area contributed by atoms with E-state index in [2.05, 4.69) is 52.5 Å². The van der Waals surface area contributed by atoms with E-state index in [1.807, 2.05) is 66.2 Å². The summed E-state index contributed by atoms with van der Waals surface area (Å²) in [5, 5.41) is 6.57. The molecule has 0 aliphatic rings. The first-order valence-electron chi connectivity index (χ1n) is 9.39. The molecule has 0 saturated heterocycles. The molecule has 0 spiro atoms. The van der Waals surface area contributed by atoms with Crippen molar-refractivity contribution in [2.45, 2.75) is 25.8 Å². The van der Waals surface area contributed by atoms with Crippen LogP contribution < -0.4 is 10.6 Å². The van der Waals surface area contributed by atoms with E-state index in [0.29, 0.717) is 12.2 Å². The van der Waals surface area contributed by atoms with Gasteiger partial charge in [-0.2, -0.15) is 0 Å². The van der Waals surface area contributed by atoms with Gasteiger partial charge in [0.05, 0.1) is 5.54 Å².